The summed E-state index contributed by atoms with van der Waals surface area (Å²) in [4.78, 5) is 39.2. The number of nitrogens with one attached hydrogen (secondary N) is 1. The summed E-state index contributed by atoms with van der Waals surface area (Å²) in [7, 11) is 0. The summed E-state index contributed by atoms with van der Waals surface area (Å²) in [5.41, 5.74) is 0.250. The summed E-state index contributed by atoms with van der Waals surface area (Å²) in [6, 6.07) is 4.40. The Labute approximate surface area is 161 Å². The van der Waals surface area contributed by atoms with E-state index >= 15 is 0 Å². The molecule has 1 aromatic carbocycles. The molecule has 2 saturated carbocycles. The van der Waals surface area contributed by atoms with Gasteiger partial charge in [0, 0.05) is 24.1 Å². The number of hydrogen-bond acceptors (Lipinski definition) is 4. The highest BCUT2D eigenvalue weighted by atomic mass is 35.5. The van der Waals surface area contributed by atoms with Gasteiger partial charge in [0.25, 0.3) is 0 Å². The molecule has 0 unspecified atom stereocenters. The Morgan fingerprint density at radius 1 is 1.15 bits per heavy atom. The van der Waals surface area contributed by atoms with Crippen LogP contribution >= 0.6 is 11.6 Å². The monoisotopic (exact) mass is 386 g/mol. The third-order valence-electron chi connectivity index (χ3n) is 6.55. The molecule has 0 spiro atoms. The number of aromatic hydroxyl groups is 1. The number of carbonyl (C=O) groups is 3. The number of likely N-dealkylation sites (tertiary alicyclic amines) is 1. The Bertz CT molecular complexity index is 862. The van der Waals surface area contributed by atoms with Crippen molar-refractivity contribution in [1.82, 2.24) is 4.90 Å². The summed E-state index contributed by atoms with van der Waals surface area (Å²) in [6.07, 6.45) is 5.38. The molecule has 5 aliphatic rings. The third kappa shape index (κ3) is 2.50. The lowest BCUT2D eigenvalue weighted by atomic mass is 9.63. The predicted octanol–water partition coefficient (Wildman–Crippen LogP) is 2.43. The summed E-state index contributed by atoms with van der Waals surface area (Å²) in [5, 5.41) is 12.8. The van der Waals surface area contributed by atoms with Crippen LogP contribution in [0.1, 0.15) is 12.8 Å². The molecule has 7 heteroatoms. The van der Waals surface area contributed by atoms with Crippen LogP contribution in [0.4, 0.5) is 5.69 Å². The van der Waals surface area contributed by atoms with E-state index < -0.39 is 0 Å². The van der Waals surface area contributed by atoms with Crippen molar-refractivity contribution in [1.29, 1.82) is 0 Å². The molecule has 0 aromatic heterocycles. The number of allylic oxidation sites excluding steroid dienone is 2. The molecule has 27 heavy (non-hydrogen) atoms. The molecular formula is C20H19ClN2O4. The van der Waals surface area contributed by atoms with Crippen LogP contribution in [0.5, 0.6) is 5.75 Å². The fraction of sp³-hybridized carbons (Fsp3) is 0.450. The van der Waals surface area contributed by atoms with Gasteiger partial charge >= 0.3 is 0 Å². The molecule has 140 valence electrons. The maximum absolute atomic E-state index is 12.9. The van der Waals surface area contributed by atoms with Crippen molar-refractivity contribution in [3.8, 4) is 5.75 Å². The number of imide groups is 1. The third-order valence-corrected chi connectivity index (χ3v) is 6.79. The van der Waals surface area contributed by atoms with Gasteiger partial charge in [-0.1, -0.05) is 23.8 Å². The molecule has 6 atom stereocenters. The van der Waals surface area contributed by atoms with E-state index in [1.807, 2.05) is 0 Å². The average Bonchev–Trinajstić information content (AvgIpc) is 3.41. The quantitative estimate of drug-likeness (QED) is 0.472. The molecular weight excluding hydrogens is 368 g/mol. The Balaban J connectivity index is 1.25. The van der Waals surface area contributed by atoms with Gasteiger partial charge in [-0.3, -0.25) is 19.3 Å². The van der Waals surface area contributed by atoms with Crippen LogP contribution in [0.25, 0.3) is 0 Å². The smallest absolute Gasteiger partial charge is 0.233 e. The van der Waals surface area contributed by atoms with Crippen molar-refractivity contribution in [3.63, 3.8) is 0 Å². The maximum Gasteiger partial charge on any atom is 0.233 e. The van der Waals surface area contributed by atoms with Crippen molar-refractivity contribution in [2.75, 3.05) is 11.9 Å². The highest BCUT2D eigenvalue weighted by Gasteiger charge is 2.66. The lowest BCUT2D eigenvalue weighted by Crippen LogP contribution is -2.40. The first kappa shape index (κ1) is 16.8. The zero-order valence-corrected chi connectivity index (χ0v) is 15.2. The van der Waals surface area contributed by atoms with Crippen molar-refractivity contribution in [2.45, 2.75) is 12.8 Å². The van der Waals surface area contributed by atoms with E-state index in [4.69, 9.17) is 11.6 Å². The molecule has 3 fully saturated rings. The van der Waals surface area contributed by atoms with Gasteiger partial charge in [-0.15, -0.1) is 0 Å². The van der Waals surface area contributed by atoms with E-state index in [1.165, 1.54) is 17.0 Å². The number of rotatable bonds is 4. The number of anilines is 1. The molecule has 1 heterocycles. The fourth-order valence-corrected chi connectivity index (χ4v) is 5.44. The molecule has 2 bridgehead atoms. The minimum absolute atomic E-state index is 0.00535. The first-order chi connectivity index (χ1) is 13.0. The Hall–Kier alpha value is -2.34. The van der Waals surface area contributed by atoms with Crippen LogP contribution in [0.15, 0.2) is 30.4 Å². The van der Waals surface area contributed by atoms with Crippen LogP contribution in [-0.4, -0.2) is 34.3 Å². The molecule has 2 N–H and O–H groups in total. The number of carbonyl (C=O) groups excluding carboxylic acids is 3. The van der Waals surface area contributed by atoms with Gasteiger partial charge in [0.2, 0.25) is 17.7 Å². The Morgan fingerprint density at radius 3 is 2.37 bits per heavy atom. The molecule has 6 nitrogen and oxygen atoms in total. The zero-order valence-electron chi connectivity index (χ0n) is 14.5. The standard InChI is InChI=1S/C20H19ClN2O4/c21-9-1-4-14(15(24)7-9)22-16(25)5-6-23-19(26)17-10-2-3-11(13-8-12(10)13)18(17)20(23)27/h1-4,7,10-13,17-18,24H,5-6,8H2,(H,22,25)/t10-,11-,12-,13+,17+,18-/m1/s1. The van der Waals surface area contributed by atoms with Gasteiger partial charge in [-0.2, -0.15) is 0 Å². The number of amides is 3. The molecule has 0 radical (unpaired) electrons. The summed E-state index contributed by atoms with van der Waals surface area (Å²) < 4.78 is 0. The summed E-state index contributed by atoms with van der Waals surface area (Å²) >= 11 is 5.78. The number of phenols is 1. The second kappa shape index (κ2) is 5.83. The van der Waals surface area contributed by atoms with Gasteiger partial charge < -0.3 is 10.4 Å². The maximum atomic E-state index is 12.9. The van der Waals surface area contributed by atoms with Gasteiger partial charge in [0.05, 0.1) is 17.5 Å². The highest BCUT2D eigenvalue weighted by molar-refractivity contribution is 6.30. The molecule has 1 saturated heterocycles. The lowest BCUT2D eigenvalue weighted by Gasteiger charge is -2.37. The zero-order chi connectivity index (χ0) is 18.9. The number of phenolic OH excluding ortho intramolecular Hbond substituents is 1. The average molecular weight is 387 g/mol. The molecule has 4 aliphatic carbocycles. The van der Waals surface area contributed by atoms with E-state index in [-0.39, 0.29) is 65.8 Å². The Morgan fingerprint density at radius 2 is 1.78 bits per heavy atom. The van der Waals surface area contributed by atoms with Crippen molar-refractivity contribution >= 4 is 35.0 Å². The van der Waals surface area contributed by atoms with E-state index in [9.17, 15) is 19.5 Å². The van der Waals surface area contributed by atoms with Crippen LogP contribution < -0.4 is 5.32 Å². The summed E-state index contributed by atoms with van der Waals surface area (Å²) in [6.45, 7) is 0.0691. The van der Waals surface area contributed by atoms with Crippen molar-refractivity contribution < 1.29 is 19.5 Å². The minimum Gasteiger partial charge on any atom is -0.506 e. The van der Waals surface area contributed by atoms with Gasteiger partial charge in [-0.05, 0) is 42.2 Å². The molecule has 6 rings (SSSR count). The molecule has 1 aliphatic heterocycles. The van der Waals surface area contributed by atoms with Crippen LogP contribution in [-0.2, 0) is 14.4 Å². The van der Waals surface area contributed by atoms with E-state index in [2.05, 4.69) is 17.5 Å². The second-order valence-corrected chi connectivity index (χ2v) is 8.38. The number of benzene rings is 1. The normalized spacial score (nSPS) is 35.2. The van der Waals surface area contributed by atoms with Crippen molar-refractivity contribution in [2.24, 2.45) is 35.5 Å². The largest absolute Gasteiger partial charge is 0.506 e. The number of halogens is 1. The van der Waals surface area contributed by atoms with Crippen LogP contribution in [0, 0.1) is 35.5 Å². The van der Waals surface area contributed by atoms with E-state index in [0.29, 0.717) is 16.9 Å². The first-order valence-electron chi connectivity index (χ1n) is 9.27. The fourth-order valence-electron chi connectivity index (χ4n) is 5.28. The molecule has 3 amide bonds. The van der Waals surface area contributed by atoms with Crippen LogP contribution in [0.3, 0.4) is 0 Å². The van der Waals surface area contributed by atoms with Crippen LogP contribution in [0.2, 0.25) is 5.02 Å². The van der Waals surface area contributed by atoms with Gasteiger partial charge in [0.1, 0.15) is 5.75 Å². The second-order valence-electron chi connectivity index (χ2n) is 7.94. The van der Waals surface area contributed by atoms with Crippen molar-refractivity contribution in [3.05, 3.63) is 35.4 Å². The van der Waals surface area contributed by atoms with E-state index in [0.717, 1.165) is 6.42 Å². The van der Waals surface area contributed by atoms with Gasteiger partial charge in [0.15, 0.2) is 0 Å². The SMILES string of the molecule is O=C(CCN1C(=O)[C@@H]2[C@@H]3C=C[C@H]([C@H]4C[C@@H]34)[C@@H]2C1=O)Nc1ccc(Cl)cc1O. The molecule has 1 aromatic rings. The first-order valence-corrected chi connectivity index (χ1v) is 9.65. The predicted molar refractivity (Wildman–Crippen MR) is 97.8 cm³/mol. The van der Waals surface area contributed by atoms with Gasteiger partial charge in [-0.25, -0.2) is 0 Å². The number of hydrogen-bond donors (Lipinski definition) is 2. The topological polar surface area (TPSA) is 86.7 Å². The minimum atomic E-state index is -0.368. The highest BCUT2D eigenvalue weighted by Crippen LogP contribution is 2.65. The van der Waals surface area contributed by atoms with E-state index in [1.54, 1.807) is 6.07 Å². The number of nitrogens with zero attached hydrogens (tertiary/aromatic N) is 1. The Kier molecular flexibility index (Phi) is 3.63. The lowest BCUT2D eigenvalue weighted by molar-refractivity contribution is -0.140. The summed E-state index contributed by atoms with van der Waals surface area (Å²) in [5.74, 6) is 0.276.